The molecule has 1 saturated heterocycles. The van der Waals surface area contributed by atoms with Gasteiger partial charge in [-0.25, -0.2) is 4.79 Å². The SMILES string of the molecule is COc1cc(Oc2ccccc2)ccc1NC(=O)N1CCC(c2ccn[nH]2)CC1. The van der Waals surface area contributed by atoms with Gasteiger partial charge in [-0.15, -0.1) is 0 Å². The number of urea groups is 1. The monoisotopic (exact) mass is 392 g/mol. The second kappa shape index (κ2) is 8.68. The van der Waals surface area contributed by atoms with E-state index in [9.17, 15) is 4.79 Å². The van der Waals surface area contributed by atoms with Gasteiger partial charge in [-0.05, 0) is 43.2 Å². The Morgan fingerprint density at radius 1 is 1.10 bits per heavy atom. The van der Waals surface area contributed by atoms with E-state index in [1.807, 2.05) is 47.4 Å². The molecule has 1 aliphatic rings. The Morgan fingerprint density at radius 3 is 2.59 bits per heavy atom. The number of hydrogen-bond donors (Lipinski definition) is 2. The molecule has 4 rings (SSSR count). The van der Waals surface area contributed by atoms with Crippen molar-refractivity contribution < 1.29 is 14.3 Å². The van der Waals surface area contributed by atoms with E-state index in [0.29, 0.717) is 36.2 Å². The van der Waals surface area contributed by atoms with Crippen LogP contribution in [0.25, 0.3) is 0 Å². The van der Waals surface area contributed by atoms with Gasteiger partial charge in [0.15, 0.2) is 0 Å². The molecule has 0 bridgehead atoms. The molecule has 1 aliphatic heterocycles. The Bertz CT molecular complexity index is 936. The number of rotatable bonds is 5. The zero-order valence-electron chi connectivity index (χ0n) is 16.3. The Hall–Kier alpha value is -3.48. The lowest BCUT2D eigenvalue weighted by atomic mass is 9.94. The van der Waals surface area contributed by atoms with Crippen molar-refractivity contribution in [3.05, 3.63) is 66.5 Å². The molecule has 0 spiro atoms. The molecule has 0 atom stereocenters. The number of amides is 2. The zero-order valence-corrected chi connectivity index (χ0v) is 16.3. The van der Waals surface area contributed by atoms with Crippen molar-refractivity contribution >= 4 is 11.7 Å². The predicted molar refractivity (Wildman–Crippen MR) is 111 cm³/mol. The third-order valence-corrected chi connectivity index (χ3v) is 5.14. The quantitative estimate of drug-likeness (QED) is 0.664. The van der Waals surface area contributed by atoms with Gasteiger partial charge in [0.05, 0.1) is 12.8 Å². The summed E-state index contributed by atoms with van der Waals surface area (Å²) in [6.45, 7) is 1.40. The van der Waals surface area contributed by atoms with E-state index in [4.69, 9.17) is 9.47 Å². The third kappa shape index (κ3) is 4.51. The number of likely N-dealkylation sites (tertiary alicyclic amines) is 1. The van der Waals surface area contributed by atoms with Gasteiger partial charge in [-0.1, -0.05) is 18.2 Å². The minimum absolute atomic E-state index is 0.122. The highest BCUT2D eigenvalue weighted by atomic mass is 16.5. The van der Waals surface area contributed by atoms with Gasteiger partial charge in [0, 0.05) is 37.0 Å². The first-order valence-corrected chi connectivity index (χ1v) is 9.69. The summed E-state index contributed by atoms with van der Waals surface area (Å²) < 4.78 is 11.3. The lowest BCUT2D eigenvalue weighted by Crippen LogP contribution is -2.40. The van der Waals surface area contributed by atoms with Crippen LogP contribution in [0.2, 0.25) is 0 Å². The van der Waals surface area contributed by atoms with Crippen LogP contribution in [0.1, 0.15) is 24.5 Å². The first kappa shape index (κ1) is 18.9. The minimum atomic E-state index is -0.122. The summed E-state index contributed by atoms with van der Waals surface area (Å²) in [5.74, 6) is 2.36. The molecule has 0 saturated carbocycles. The van der Waals surface area contributed by atoms with Gasteiger partial charge in [0.25, 0.3) is 0 Å². The van der Waals surface area contributed by atoms with Crippen LogP contribution in [0.5, 0.6) is 17.2 Å². The van der Waals surface area contributed by atoms with E-state index >= 15 is 0 Å². The maximum atomic E-state index is 12.7. The van der Waals surface area contributed by atoms with Crippen LogP contribution in [-0.2, 0) is 0 Å². The van der Waals surface area contributed by atoms with Crippen molar-refractivity contribution in [2.45, 2.75) is 18.8 Å². The molecule has 1 aromatic heterocycles. The van der Waals surface area contributed by atoms with Crippen molar-refractivity contribution in [1.82, 2.24) is 15.1 Å². The van der Waals surface area contributed by atoms with Gasteiger partial charge < -0.3 is 19.7 Å². The number of hydrogen-bond acceptors (Lipinski definition) is 4. The van der Waals surface area contributed by atoms with Gasteiger partial charge >= 0.3 is 6.03 Å². The minimum Gasteiger partial charge on any atom is -0.494 e. The highest BCUT2D eigenvalue weighted by Crippen LogP contribution is 2.32. The smallest absolute Gasteiger partial charge is 0.321 e. The molecular formula is C22H24N4O3. The predicted octanol–water partition coefficient (Wildman–Crippen LogP) is 4.62. The number of carbonyl (C=O) groups excluding carboxylic acids is 1. The number of piperidine rings is 1. The molecule has 0 radical (unpaired) electrons. The standard InChI is InChI=1S/C22H24N4O3/c1-28-21-15-18(29-17-5-3-2-4-6-17)7-8-20(21)24-22(27)26-13-10-16(11-14-26)19-9-12-23-25-19/h2-9,12,15-16H,10-11,13-14H2,1H3,(H,23,25)(H,24,27). The molecule has 2 heterocycles. The molecular weight excluding hydrogens is 368 g/mol. The summed E-state index contributed by atoms with van der Waals surface area (Å²) in [7, 11) is 1.58. The summed E-state index contributed by atoms with van der Waals surface area (Å²) >= 11 is 0. The number of aromatic nitrogens is 2. The van der Waals surface area contributed by atoms with Gasteiger partial charge in [0.2, 0.25) is 0 Å². The molecule has 29 heavy (non-hydrogen) atoms. The maximum absolute atomic E-state index is 12.7. The molecule has 0 aliphatic carbocycles. The number of H-pyrrole nitrogens is 1. The van der Waals surface area contributed by atoms with Crippen molar-refractivity contribution in [1.29, 1.82) is 0 Å². The molecule has 2 aromatic carbocycles. The Labute approximate surface area is 169 Å². The average Bonchev–Trinajstić information content (AvgIpc) is 3.30. The Morgan fingerprint density at radius 2 is 1.90 bits per heavy atom. The van der Waals surface area contributed by atoms with E-state index in [1.165, 1.54) is 0 Å². The number of aromatic amines is 1. The van der Waals surface area contributed by atoms with E-state index in [2.05, 4.69) is 15.5 Å². The van der Waals surface area contributed by atoms with Gasteiger partial charge in [-0.2, -0.15) is 5.10 Å². The molecule has 2 amide bonds. The average molecular weight is 392 g/mol. The van der Waals surface area contributed by atoms with Crippen LogP contribution < -0.4 is 14.8 Å². The highest BCUT2D eigenvalue weighted by Gasteiger charge is 2.25. The van der Waals surface area contributed by atoms with Gasteiger partial charge in [0.1, 0.15) is 17.2 Å². The number of anilines is 1. The largest absolute Gasteiger partial charge is 0.494 e. The van der Waals surface area contributed by atoms with Crippen LogP contribution in [0.4, 0.5) is 10.5 Å². The normalized spacial score (nSPS) is 14.4. The van der Waals surface area contributed by atoms with Gasteiger partial charge in [-0.3, -0.25) is 5.10 Å². The van der Waals surface area contributed by atoms with Crippen molar-refractivity contribution in [3.63, 3.8) is 0 Å². The maximum Gasteiger partial charge on any atom is 0.321 e. The molecule has 3 aromatic rings. The number of nitrogens with one attached hydrogen (secondary N) is 2. The van der Waals surface area contributed by atoms with Crippen LogP contribution in [0, 0.1) is 0 Å². The van der Waals surface area contributed by atoms with E-state index in [0.717, 1.165) is 24.3 Å². The number of methoxy groups -OCH3 is 1. The second-order valence-corrected chi connectivity index (χ2v) is 6.98. The van der Waals surface area contributed by atoms with Crippen molar-refractivity contribution in [3.8, 4) is 17.2 Å². The fraction of sp³-hybridized carbons (Fsp3) is 0.273. The summed E-state index contributed by atoms with van der Waals surface area (Å²) in [6.07, 6.45) is 3.60. The molecule has 0 unspecified atom stereocenters. The number of para-hydroxylation sites is 1. The van der Waals surface area contributed by atoms with Crippen LogP contribution in [0.3, 0.4) is 0 Å². The first-order valence-electron chi connectivity index (χ1n) is 9.69. The molecule has 7 heteroatoms. The summed E-state index contributed by atoms with van der Waals surface area (Å²) in [6, 6.07) is 16.8. The van der Waals surface area contributed by atoms with Crippen LogP contribution >= 0.6 is 0 Å². The number of nitrogens with zero attached hydrogens (tertiary/aromatic N) is 2. The van der Waals surface area contributed by atoms with E-state index < -0.39 is 0 Å². The molecule has 150 valence electrons. The fourth-order valence-electron chi connectivity index (χ4n) is 3.54. The highest BCUT2D eigenvalue weighted by molar-refractivity contribution is 5.91. The summed E-state index contributed by atoms with van der Waals surface area (Å²) in [5.41, 5.74) is 1.76. The van der Waals surface area contributed by atoms with E-state index in [1.54, 1.807) is 25.4 Å². The second-order valence-electron chi connectivity index (χ2n) is 6.98. The zero-order chi connectivity index (χ0) is 20.1. The Balaban J connectivity index is 1.38. The van der Waals surface area contributed by atoms with Crippen molar-refractivity contribution in [2.75, 3.05) is 25.5 Å². The number of benzene rings is 2. The van der Waals surface area contributed by atoms with Crippen LogP contribution in [0.15, 0.2) is 60.8 Å². The van der Waals surface area contributed by atoms with Crippen molar-refractivity contribution in [2.24, 2.45) is 0 Å². The molecule has 7 nitrogen and oxygen atoms in total. The lowest BCUT2D eigenvalue weighted by molar-refractivity contribution is 0.194. The molecule has 1 fully saturated rings. The fourth-order valence-corrected chi connectivity index (χ4v) is 3.54. The van der Waals surface area contributed by atoms with E-state index in [-0.39, 0.29) is 6.03 Å². The Kier molecular flexibility index (Phi) is 5.65. The third-order valence-electron chi connectivity index (χ3n) is 5.14. The number of carbonyl (C=O) groups is 1. The molecule has 2 N–H and O–H groups in total. The lowest BCUT2D eigenvalue weighted by Gasteiger charge is -2.31. The van der Waals surface area contributed by atoms with Crippen LogP contribution in [-0.4, -0.2) is 41.3 Å². The number of ether oxygens (including phenoxy) is 2. The topological polar surface area (TPSA) is 79.5 Å². The summed E-state index contributed by atoms with van der Waals surface area (Å²) in [5, 5.41) is 10.0. The summed E-state index contributed by atoms with van der Waals surface area (Å²) in [4.78, 5) is 14.5. The first-order chi connectivity index (χ1) is 14.2.